The van der Waals surface area contributed by atoms with Crippen molar-refractivity contribution >= 4 is 27.3 Å². The van der Waals surface area contributed by atoms with Gasteiger partial charge in [-0.05, 0) is 61.2 Å². The molecule has 2 aromatic carbocycles. The van der Waals surface area contributed by atoms with Gasteiger partial charge in [0.05, 0.1) is 18.9 Å². The predicted molar refractivity (Wildman–Crippen MR) is 143 cm³/mol. The van der Waals surface area contributed by atoms with E-state index in [1.54, 1.807) is 31.7 Å². The summed E-state index contributed by atoms with van der Waals surface area (Å²) in [6, 6.07) is 5.32. The first-order chi connectivity index (χ1) is 19.2. The lowest BCUT2D eigenvalue weighted by Crippen LogP contribution is -2.53. The molecule has 15 heteroatoms. The summed E-state index contributed by atoms with van der Waals surface area (Å²) in [5, 5.41) is 6.33. The minimum atomic E-state index is -4.39. The van der Waals surface area contributed by atoms with Crippen LogP contribution in [0.25, 0.3) is 0 Å². The number of hydrogen-bond acceptors (Lipinski definition) is 7. The van der Waals surface area contributed by atoms with E-state index in [1.165, 1.54) is 29.2 Å². The molecule has 0 unspecified atom stereocenters. The number of likely N-dealkylation sites (tertiary alicyclic amines) is 1. The monoisotopic (exact) mass is 617 g/mol. The molecule has 41 heavy (non-hydrogen) atoms. The van der Waals surface area contributed by atoms with Crippen molar-refractivity contribution in [2.24, 2.45) is 0 Å². The van der Waals surface area contributed by atoms with Gasteiger partial charge in [-0.15, -0.1) is 5.10 Å². The maximum absolute atomic E-state index is 15.3. The Morgan fingerprint density at radius 1 is 1.22 bits per heavy atom. The third-order valence-corrected chi connectivity index (χ3v) is 9.98. The molecule has 2 aliphatic rings. The predicted octanol–water partition coefficient (Wildman–Crippen LogP) is 4.72. The second kappa shape index (κ2) is 10.7. The van der Waals surface area contributed by atoms with Gasteiger partial charge in [-0.3, -0.25) is 4.90 Å². The molecule has 1 N–H and O–H groups in total. The molecule has 0 radical (unpaired) electrons. The van der Waals surface area contributed by atoms with Crippen LogP contribution in [0.2, 0.25) is 5.02 Å². The number of halogens is 5. The molecule has 5 rings (SSSR count). The molecule has 1 saturated heterocycles. The molecule has 1 aromatic heterocycles. The summed E-state index contributed by atoms with van der Waals surface area (Å²) in [6.07, 6.45) is -4.06. The topological polar surface area (TPSA) is 103 Å². The van der Waals surface area contributed by atoms with Crippen LogP contribution in [0.1, 0.15) is 47.9 Å². The number of anilines is 1. The highest BCUT2D eigenvalue weighted by molar-refractivity contribution is 7.89. The van der Waals surface area contributed by atoms with E-state index < -0.39 is 52.3 Å². The van der Waals surface area contributed by atoms with Crippen molar-refractivity contribution in [3.63, 3.8) is 0 Å². The number of aromatic amines is 1. The second-order valence-electron chi connectivity index (χ2n) is 10.5. The summed E-state index contributed by atoms with van der Waals surface area (Å²) in [5.74, 6) is -2.65. The Bertz CT molecular complexity index is 1630. The Balaban J connectivity index is 1.63. The van der Waals surface area contributed by atoms with Crippen molar-refractivity contribution in [1.29, 1.82) is 0 Å². The number of benzene rings is 2. The van der Waals surface area contributed by atoms with Gasteiger partial charge in [0.15, 0.2) is 0 Å². The van der Waals surface area contributed by atoms with Crippen LogP contribution in [-0.4, -0.2) is 66.3 Å². The first-order valence-electron chi connectivity index (χ1n) is 12.9. The van der Waals surface area contributed by atoms with Gasteiger partial charge in [-0.25, -0.2) is 22.7 Å². The average Bonchev–Trinajstić information content (AvgIpc) is 3.51. The number of fused-ring (bicyclic) bond motifs is 1. The highest BCUT2D eigenvalue weighted by Gasteiger charge is 2.47. The highest BCUT2D eigenvalue weighted by Crippen LogP contribution is 2.46. The summed E-state index contributed by atoms with van der Waals surface area (Å²) < 4.78 is 89.4. The third-order valence-electron chi connectivity index (χ3n) is 7.88. The highest BCUT2D eigenvalue weighted by atomic mass is 35.5. The fourth-order valence-corrected chi connectivity index (χ4v) is 7.80. The summed E-state index contributed by atoms with van der Waals surface area (Å²) in [6.45, 7) is 3.89. The Morgan fingerprint density at radius 2 is 1.95 bits per heavy atom. The van der Waals surface area contributed by atoms with Crippen molar-refractivity contribution in [3.05, 3.63) is 74.3 Å². The molecular formula is C26H28ClF4N5O4S. The molecular weight excluding hydrogens is 590 g/mol. The fraction of sp³-hybridized carbons (Fsp3) is 0.462. The zero-order valence-corrected chi connectivity index (χ0v) is 23.9. The molecule has 3 atom stereocenters. The molecule has 0 amide bonds. The number of nitrogens with zero attached hydrogens (tertiary/aromatic N) is 4. The molecule has 9 nitrogen and oxygen atoms in total. The van der Waals surface area contributed by atoms with Crippen molar-refractivity contribution < 1.29 is 30.4 Å². The lowest BCUT2D eigenvalue weighted by atomic mass is 9.87. The van der Waals surface area contributed by atoms with Crippen molar-refractivity contribution in [1.82, 2.24) is 19.4 Å². The third kappa shape index (κ3) is 5.62. The van der Waals surface area contributed by atoms with Gasteiger partial charge in [0.1, 0.15) is 16.8 Å². The molecule has 0 saturated carbocycles. The van der Waals surface area contributed by atoms with Gasteiger partial charge < -0.3 is 9.32 Å². The second-order valence-corrected chi connectivity index (χ2v) is 12.8. The number of sulfonamides is 1. The van der Waals surface area contributed by atoms with Gasteiger partial charge in [0.2, 0.25) is 15.9 Å². The fourth-order valence-electron chi connectivity index (χ4n) is 5.85. The zero-order chi connectivity index (χ0) is 29.9. The molecule has 0 spiro atoms. The van der Waals surface area contributed by atoms with E-state index in [0.717, 1.165) is 9.87 Å². The molecule has 3 heterocycles. The lowest BCUT2D eigenvalue weighted by molar-refractivity contribution is -0.143. The summed E-state index contributed by atoms with van der Waals surface area (Å²) in [7, 11) is -4.33. The number of H-pyrrole nitrogens is 1. The first kappa shape index (κ1) is 29.5. The van der Waals surface area contributed by atoms with Crippen LogP contribution >= 0.6 is 11.6 Å². The van der Waals surface area contributed by atoms with E-state index in [4.69, 9.17) is 16.0 Å². The normalized spacial score (nSPS) is 21.2. The van der Waals surface area contributed by atoms with Gasteiger partial charge in [-0.1, -0.05) is 24.6 Å². The van der Waals surface area contributed by atoms with E-state index >= 15 is 4.39 Å². The smallest absolute Gasteiger partial charge is 0.391 e. The van der Waals surface area contributed by atoms with Gasteiger partial charge in [-0.2, -0.15) is 17.5 Å². The molecule has 222 valence electrons. The molecule has 2 aliphatic heterocycles. The maximum Gasteiger partial charge on any atom is 0.434 e. The van der Waals surface area contributed by atoms with E-state index in [9.17, 15) is 26.4 Å². The Kier molecular flexibility index (Phi) is 7.72. The van der Waals surface area contributed by atoms with Crippen molar-refractivity contribution in [3.8, 4) is 0 Å². The Labute approximate surface area is 238 Å². The maximum atomic E-state index is 15.3. The summed E-state index contributed by atoms with van der Waals surface area (Å²) >= 11 is 6.24. The lowest BCUT2D eigenvalue weighted by Gasteiger charge is -2.44. The van der Waals surface area contributed by atoms with Crippen LogP contribution in [0.3, 0.4) is 0 Å². The largest absolute Gasteiger partial charge is 0.434 e. The Morgan fingerprint density at radius 3 is 2.61 bits per heavy atom. The van der Waals surface area contributed by atoms with Crippen LogP contribution in [0.4, 0.5) is 23.2 Å². The number of hydrogen-bond donors (Lipinski definition) is 1. The number of alkyl halides is 3. The van der Waals surface area contributed by atoms with Crippen LogP contribution in [0.15, 0.2) is 44.4 Å². The summed E-state index contributed by atoms with van der Waals surface area (Å²) in [5.41, 5.74) is 1.84. The molecule has 3 aromatic rings. The molecule has 1 fully saturated rings. The van der Waals surface area contributed by atoms with Gasteiger partial charge >= 0.3 is 11.9 Å². The average molecular weight is 618 g/mol. The van der Waals surface area contributed by atoms with Crippen LogP contribution in [0.5, 0.6) is 0 Å². The minimum absolute atomic E-state index is 0.0304. The van der Waals surface area contributed by atoms with E-state index in [2.05, 4.69) is 10.2 Å². The van der Waals surface area contributed by atoms with Crippen molar-refractivity contribution in [2.45, 2.75) is 56.3 Å². The first-order valence-corrected chi connectivity index (χ1v) is 14.7. The van der Waals surface area contributed by atoms with Crippen LogP contribution in [-0.2, 0) is 10.0 Å². The zero-order valence-electron chi connectivity index (χ0n) is 22.4. The number of aryl methyl sites for hydroxylation is 1. The number of aromatic nitrogens is 2. The summed E-state index contributed by atoms with van der Waals surface area (Å²) in [4.78, 5) is 14.8. The van der Waals surface area contributed by atoms with Gasteiger partial charge in [0.25, 0.3) is 0 Å². The quantitative estimate of drug-likeness (QED) is 0.399. The number of nitrogens with one attached hydrogen (secondary N) is 1. The minimum Gasteiger partial charge on any atom is -0.391 e. The van der Waals surface area contributed by atoms with E-state index in [0.29, 0.717) is 12.0 Å². The van der Waals surface area contributed by atoms with Crippen LogP contribution < -0.4 is 10.7 Å². The molecule has 0 aliphatic carbocycles. The standard InChI is InChI=1S/C26H28ClF4N5O4S/c1-14-4-6-19(28)22(15(14)2)16(3)23(24-32-33-25(37)40-24)36-13-35(18-8-9-34(11-18)12-26(29,30)31)20-10-17(27)5-7-21(20)41(36,38)39/h4-7,10,16,18,23H,8-9,11-13H2,1-3H3,(H,33,37)/t16-,18-,23+/m1/s1. The van der Waals surface area contributed by atoms with Gasteiger partial charge in [0, 0.05) is 30.1 Å². The van der Waals surface area contributed by atoms with Crippen molar-refractivity contribution in [2.75, 3.05) is 31.2 Å². The number of rotatable bonds is 6. The van der Waals surface area contributed by atoms with E-state index in [-0.39, 0.29) is 46.8 Å². The van der Waals surface area contributed by atoms with Crippen LogP contribution in [0, 0.1) is 19.7 Å². The molecule has 0 bridgehead atoms. The SMILES string of the molecule is Cc1ccc(F)c([C@@H](C)[C@@H](c2n[nH]c(=O)o2)N2CN([C@@H]3CCN(CC(F)(F)F)C3)c3cc(Cl)ccc3S2(=O)=O)c1C. The van der Waals surface area contributed by atoms with E-state index in [1.807, 2.05) is 0 Å². The Hall–Kier alpha value is -2.94.